The Labute approximate surface area is 249 Å². The van der Waals surface area contributed by atoms with Crippen molar-refractivity contribution < 1.29 is 18.0 Å². The van der Waals surface area contributed by atoms with E-state index < -0.39 is 28.5 Å². The lowest BCUT2D eigenvalue weighted by molar-refractivity contribution is -0.140. The van der Waals surface area contributed by atoms with Gasteiger partial charge in [0.2, 0.25) is 11.8 Å². The first kappa shape index (κ1) is 32.2. The van der Waals surface area contributed by atoms with Crippen molar-refractivity contribution in [1.82, 2.24) is 10.2 Å². The SMILES string of the molecule is CCCCNC(=O)[C@H](CC)N(Cc1ccccc1Cl)C(=O)CN(c1cccc(C)c1C)S(=O)(=O)c1ccc(C)cc1. The van der Waals surface area contributed by atoms with Gasteiger partial charge in [-0.3, -0.25) is 13.9 Å². The van der Waals surface area contributed by atoms with Crippen molar-refractivity contribution in [1.29, 1.82) is 0 Å². The second-order valence-electron chi connectivity index (χ2n) is 10.2. The molecule has 0 saturated heterocycles. The lowest BCUT2D eigenvalue weighted by atomic mass is 10.1. The van der Waals surface area contributed by atoms with Crippen LogP contribution in [0.1, 0.15) is 55.4 Å². The molecule has 7 nitrogen and oxygen atoms in total. The van der Waals surface area contributed by atoms with Gasteiger partial charge in [-0.15, -0.1) is 0 Å². The first-order chi connectivity index (χ1) is 19.5. The summed E-state index contributed by atoms with van der Waals surface area (Å²) in [4.78, 5) is 29.0. The number of amides is 2. The third-order valence-corrected chi connectivity index (χ3v) is 9.39. The molecule has 2 amide bonds. The van der Waals surface area contributed by atoms with Gasteiger partial charge in [0.15, 0.2) is 0 Å². The first-order valence-electron chi connectivity index (χ1n) is 14.0. The van der Waals surface area contributed by atoms with Crippen molar-refractivity contribution in [2.45, 2.75) is 71.4 Å². The molecule has 0 aliphatic rings. The number of aryl methyl sites for hydroxylation is 2. The van der Waals surface area contributed by atoms with Gasteiger partial charge in [0.25, 0.3) is 10.0 Å². The fraction of sp³-hybridized carbons (Fsp3) is 0.375. The highest BCUT2D eigenvalue weighted by atomic mass is 35.5. The molecule has 0 spiro atoms. The van der Waals surface area contributed by atoms with E-state index in [-0.39, 0.29) is 17.3 Å². The van der Waals surface area contributed by atoms with Gasteiger partial charge < -0.3 is 10.2 Å². The van der Waals surface area contributed by atoms with Crippen molar-refractivity contribution in [2.24, 2.45) is 0 Å². The molecule has 0 radical (unpaired) electrons. The van der Waals surface area contributed by atoms with Gasteiger partial charge in [-0.2, -0.15) is 0 Å². The van der Waals surface area contributed by atoms with Crippen LogP contribution in [0.4, 0.5) is 5.69 Å². The van der Waals surface area contributed by atoms with Crippen molar-refractivity contribution in [3.05, 3.63) is 94.0 Å². The zero-order chi connectivity index (χ0) is 30.2. The highest BCUT2D eigenvalue weighted by molar-refractivity contribution is 7.92. The van der Waals surface area contributed by atoms with Crippen LogP contribution >= 0.6 is 11.6 Å². The van der Waals surface area contributed by atoms with Gasteiger partial charge in [0.05, 0.1) is 10.6 Å². The predicted molar refractivity (Wildman–Crippen MR) is 166 cm³/mol. The summed E-state index contributed by atoms with van der Waals surface area (Å²) in [7, 11) is -4.13. The van der Waals surface area contributed by atoms with Crippen LogP contribution in [0, 0.1) is 20.8 Å². The number of hydrogen-bond acceptors (Lipinski definition) is 4. The van der Waals surface area contributed by atoms with Gasteiger partial charge in [0.1, 0.15) is 12.6 Å². The van der Waals surface area contributed by atoms with E-state index in [0.29, 0.717) is 29.2 Å². The van der Waals surface area contributed by atoms with Gasteiger partial charge in [-0.1, -0.05) is 79.9 Å². The molecule has 0 aliphatic carbocycles. The maximum Gasteiger partial charge on any atom is 0.264 e. The Balaban J connectivity index is 2.09. The van der Waals surface area contributed by atoms with Crippen LogP contribution in [0.5, 0.6) is 0 Å². The Hall–Kier alpha value is -3.36. The second kappa shape index (κ2) is 14.5. The van der Waals surface area contributed by atoms with Crippen molar-refractivity contribution in [2.75, 3.05) is 17.4 Å². The average molecular weight is 598 g/mol. The maximum atomic E-state index is 14.2. The van der Waals surface area contributed by atoms with Crippen molar-refractivity contribution in [3.8, 4) is 0 Å². The number of benzene rings is 3. The molecule has 1 atom stereocenters. The molecule has 0 aromatic heterocycles. The normalized spacial score (nSPS) is 12.0. The van der Waals surface area contributed by atoms with Gasteiger partial charge in [0, 0.05) is 18.1 Å². The van der Waals surface area contributed by atoms with Crippen molar-refractivity contribution >= 4 is 39.1 Å². The molecule has 9 heteroatoms. The number of unbranched alkanes of at least 4 members (excludes halogenated alkanes) is 1. The monoisotopic (exact) mass is 597 g/mol. The third-order valence-electron chi connectivity index (χ3n) is 7.25. The maximum absolute atomic E-state index is 14.2. The summed E-state index contributed by atoms with van der Waals surface area (Å²) in [5.74, 6) is -0.778. The van der Waals surface area contributed by atoms with Crippen LogP contribution in [0.2, 0.25) is 5.02 Å². The van der Waals surface area contributed by atoms with Gasteiger partial charge in [-0.25, -0.2) is 8.42 Å². The molecule has 0 bridgehead atoms. The Morgan fingerprint density at radius 3 is 2.24 bits per heavy atom. The fourth-order valence-electron chi connectivity index (χ4n) is 4.59. The number of sulfonamides is 1. The number of rotatable bonds is 13. The minimum Gasteiger partial charge on any atom is -0.354 e. The molecule has 0 fully saturated rings. The summed E-state index contributed by atoms with van der Waals surface area (Å²) in [5.41, 5.74) is 3.65. The van der Waals surface area contributed by atoms with E-state index in [1.54, 1.807) is 54.6 Å². The zero-order valence-corrected chi connectivity index (χ0v) is 26.1. The molecule has 0 heterocycles. The van der Waals surface area contributed by atoms with Crippen LogP contribution in [-0.4, -0.2) is 44.3 Å². The Kier molecular flexibility index (Phi) is 11.4. The Morgan fingerprint density at radius 1 is 0.927 bits per heavy atom. The molecule has 3 aromatic rings. The lowest BCUT2D eigenvalue weighted by Crippen LogP contribution is -2.52. The average Bonchev–Trinajstić information content (AvgIpc) is 2.94. The largest absolute Gasteiger partial charge is 0.354 e. The molecule has 3 rings (SSSR count). The van der Waals surface area contributed by atoms with Gasteiger partial charge >= 0.3 is 0 Å². The number of anilines is 1. The van der Waals surface area contributed by atoms with Gasteiger partial charge in [-0.05, 0) is 74.6 Å². The number of halogens is 1. The zero-order valence-electron chi connectivity index (χ0n) is 24.5. The Morgan fingerprint density at radius 2 is 1.61 bits per heavy atom. The summed E-state index contributed by atoms with van der Waals surface area (Å²) >= 11 is 6.46. The molecule has 1 N–H and O–H groups in total. The summed E-state index contributed by atoms with van der Waals surface area (Å²) in [6, 6.07) is 18.3. The fourth-order valence-corrected chi connectivity index (χ4v) is 6.26. The molecule has 41 heavy (non-hydrogen) atoms. The second-order valence-corrected chi connectivity index (χ2v) is 12.5. The molecule has 220 valence electrons. The molecule has 0 aliphatic heterocycles. The number of carbonyl (C=O) groups is 2. The first-order valence-corrected chi connectivity index (χ1v) is 15.8. The number of hydrogen-bond donors (Lipinski definition) is 1. The molecule has 0 saturated carbocycles. The van der Waals surface area contributed by atoms with Crippen LogP contribution in [0.15, 0.2) is 71.6 Å². The van der Waals surface area contributed by atoms with E-state index in [1.165, 1.54) is 4.90 Å². The molecule has 3 aromatic carbocycles. The summed E-state index contributed by atoms with van der Waals surface area (Å²) < 4.78 is 29.3. The minimum absolute atomic E-state index is 0.0590. The highest BCUT2D eigenvalue weighted by Crippen LogP contribution is 2.29. The van der Waals surface area contributed by atoms with E-state index in [9.17, 15) is 18.0 Å². The number of carbonyl (C=O) groups excluding carboxylic acids is 2. The highest BCUT2D eigenvalue weighted by Gasteiger charge is 2.34. The lowest BCUT2D eigenvalue weighted by Gasteiger charge is -2.34. The number of nitrogens with zero attached hydrogens (tertiary/aromatic N) is 2. The minimum atomic E-state index is -4.13. The predicted octanol–water partition coefficient (Wildman–Crippen LogP) is 6.18. The molecular formula is C32H40ClN3O4S. The van der Waals surface area contributed by atoms with E-state index in [4.69, 9.17) is 11.6 Å². The number of nitrogens with one attached hydrogen (secondary N) is 1. The summed E-state index contributed by atoms with van der Waals surface area (Å²) in [6.45, 7) is 9.56. The Bertz CT molecular complexity index is 1460. The van der Waals surface area contributed by atoms with Crippen LogP contribution < -0.4 is 9.62 Å². The quantitative estimate of drug-likeness (QED) is 0.238. The summed E-state index contributed by atoms with van der Waals surface area (Å²) in [6.07, 6.45) is 2.08. The van der Waals surface area contributed by atoms with E-state index >= 15 is 0 Å². The molecular weight excluding hydrogens is 558 g/mol. The third kappa shape index (κ3) is 7.89. The smallest absolute Gasteiger partial charge is 0.264 e. The van der Waals surface area contributed by atoms with E-state index in [0.717, 1.165) is 33.8 Å². The molecule has 0 unspecified atom stereocenters. The summed E-state index contributed by atoms with van der Waals surface area (Å²) in [5, 5.41) is 3.40. The van der Waals surface area contributed by atoms with Crippen LogP contribution in [-0.2, 0) is 26.2 Å². The van der Waals surface area contributed by atoms with E-state index in [1.807, 2.05) is 46.8 Å². The van der Waals surface area contributed by atoms with Crippen molar-refractivity contribution in [3.63, 3.8) is 0 Å². The van der Waals surface area contributed by atoms with Crippen LogP contribution in [0.3, 0.4) is 0 Å². The topological polar surface area (TPSA) is 86.8 Å². The van der Waals surface area contributed by atoms with E-state index in [2.05, 4.69) is 5.32 Å². The standard InChI is InChI=1S/C32H40ClN3O4S/c1-6-8-20-34-32(38)29(7-2)35(21-26-13-9-10-14-28(26)33)31(37)22-36(30-15-11-12-24(4)25(30)5)41(39,40)27-18-16-23(3)17-19-27/h9-19,29H,6-8,20-22H2,1-5H3,(H,34,38)/t29-/m0/s1. The van der Waals surface area contributed by atoms with Crippen LogP contribution in [0.25, 0.3) is 0 Å².